The molecule has 6 unspecified atom stereocenters. The maximum Gasteiger partial charge on any atom is 0.411 e. The number of benzene rings is 1. The Labute approximate surface area is 330 Å². The molecule has 5 N–H and O–H groups in total. The van der Waals surface area contributed by atoms with Gasteiger partial charge in [0.05, 0.1) is 36.4 Å². The van der Waals surface area contributed by atoms with Gasteiger partial charge in [-0.3, -0.25) is 24.7 Å². The monoisotopic (exact) mass is 801 g/mol. The molecule has 1 saturated heterocycles. The number of rotatable bonds is 9. The Morgan fingerprint density at radius 2 is 1.93 bits per heavy atom. The number of alkyl carbamates (subject to hydrolysis) is 1. The minimum Gasteiger partial charge on any atom is -0.508 e. The van der Waals surface area contributed by atoms with Crippen molar-refractivity contribution in [3.63, 3.8) is 0 Å². The van der Waals surface area contributed by atoms with Gasteiger partial charge in [0, 0.05) is 54.3 Å². The second-order valence-electron chi connectivity index (χ2n) is 13.0. The summed E-state index contributed by atoms with van der Waals surface area (Å²) in [5.74, 6) is 9.50. The summed E-state index contributed by atoms with van der Waals surface area (Å²) in [6.07, 6.45) is -1.73. The molecule has 1 amide bonds. The molecular weight excluding hydrogens is 763 g/mol. The van der Waals surface area contributed by atoms with E-state index in [9.17, 15) is 34.5 Å². The lowest BCUT2D eigenvalue weighted by atomic mass is 9.82. The molecule has 3 aliphatic rings. The highest BCUT2D eigenvalue weighted by atomic mass is 32.2. The number of aromatic amines is 1. The van der Waals surface area contributed by atoms with Gasteiger partial charge in [-0.2, -0.15) is 0 Å². The van der Waals surface area contributed by atoms with Gasteiger partial charge in [-0.1, -0.05) is 41.5 Å². The maximum absolute atomic E-state index is 14.8. The molecule has 2 aliphatic carbocycles. The number of phenols is 1. The van der Waals surface area contributed by atoms with Crippen molar-refractivity contribution in [1.82, 2.24) is 15.3 Å². The fourth-order valence-corrected chi connectivity index (χ4v) is 8.81. The highest BCUT2D eigenvalue weighted by Crippen LogP contribution is 2.45. The number of H-pyrrole nitrogens is 1. The number of hydrogen-bond acceptors (Lipinski definition) is 14. The number of carbonyl (C=O) groups excluding carboxylic acids is 4. The number of aliphatic hydroxyl groups is 2. The lowest BCUT2D eigenvalue weighted by molar-refractivity contribution is -0.283. The molecule has 16 heteroatoms. The fourth-order valence-electron chi connectivity index (χ4n) is 7.25. The molecule has 0 radical (unpaired) electrons. The van der Waals surface area contributed by atoms with E-state index in [2.05, 4.69) is 39.0 Å². The SMILES string of the molecule is COC(=O)NC1=C2C#C/C=C\C#C[C@H](OC3OC(C)C(SC)(C(=O)c4nccc5c4[nH]c4ccc(O)cc45)C(O)C3OC)C2/C(=C\CSC(C)=O)[C@@H](O)CC1=O. The molecule has 56 heavy (non-hydrogen) atoms. The number of allylic oxidation sites excluding steroid dienone is 3. The average molecular weight is 802 g/mol. The van der Waals surface area contributed by atoms with Crippen LogP contribution in [0.3, 0.4) is 0 Å². The summed E-state index contributed by atoms with van der Waals surface area (Å²) in [6, 6.07) is 6.52. The van der Waals surface area contributed by atoms with Crippen molar-refractivity contribution in [2.75, 3.05) is 26.2 Å². The third-order valence-corrected chi connectivity index (χ3v) is 12.1. The summed E-state index contributed by atoms with van der Waals surface area (Å²) >= 11 is 2.05. The highest BCUT2D eigenvalue weighted by molar-refractivity contribution is 8.13. The van der Waals surface area contributed by atoms with Crippen molar-refractivity contribution >= 4 is 68.1 Å². The van der Waals surface area contributed by atoms with Crippen LogP contribution >= 0.6 is 23.5 Å². The van der Waals surface area contributed by atoms with Crippen LogP contribution in [0.15, 0.2) is 65.5 Å². The lowest BCUT2D eigenvalue weighted by Crippen LogP contribution is -2.68. The number of nitrogens with one attached hydrogen (secondary N) is 2. The molecule has 292 valence electrons. The number of ketones is 2. The standard InChI is InChI=1S/C40H39N3O11S2/c1-20-40(55-5,36(48)34-33-23(14-16-41-34)26-18-22(45)12-13-27(26)42-33)37(49)35(51-3)38(53-20)54-30-11-9-7-6-8-10-25-31(30)24(15-17-56-21(2)44)28(46)19-29(47)32(25)43-39(50)52-4/h6-7,12-16,18,20,28,30-31,35,37-38,42,45-46,49H,17,19H2,1-5H3,(H,43,50)/b7-6-,24-15-/t20?,28-,30-,31?,35?,37?,38?,40?/m0/s1. The summed E-state index contributed by atoms with van der Waals surface area (Å²) in [5.41, 5.74) is 1.19. The van der Waals surface area contributed by atoms with Crippen molar-refractivity contribution in [3.8, 4) is 29.4 Å². The van der Waals surface area contributed by atoms with E-state index in [0.29, 0.717) is 21.8 Å². The lowest BCUT2D eigenvalue weighted by Gasteiger charge is -2.49. The quantitative estimate of drug-likeness (QED) is 0.119. The fraction of sp³-hybridized carbons (Fsp3) is 0.375. The van der Waals surface area contributed by atoms with Gasteiger partial charge in [0.2, 0.25) is 5.78 Å². The number of aliphatic hydroxyl groups excluding tert-OH is 2. The minimum absolute atomic E-state index is 0.0412. The zero-order valence-electron chi connectivity index (χ0n) is 30.9. The predicted octanol–water partition coefficient (Wildman–Crippen LogP) is 3.55. The number of hydrogen-bond donors (Lipinski definition) is 5. The molecule has 8 atom stereocenters. The number of Topliss-reactive ketones (excluding diaryl/α,β-unsaturated/α-hetero) is 2. The molecular formula is C40H39N3O11S2. The smallest absolute Gasteiger partial charge is 0.411 e. The minimum atomic E-state index is -1.68. The van der Waals surface area contributed by atoms with Gasteiger partial charge in [0.25, 0.3) is 0 Å². The van der Waals surface area contributed by atoms with Gasteiger partial charge in [-0.15, -0.1) is 11.8 Å². The first kappa shape index (κ1) is 40.7. The van der Waals surface area contributed by atoms with Crippen molar-refractivity contribution in [2.45, 2.75) is 61.8 Å². The van der Waals surface area contributed by atoms with Crippen molar-refractivity contribution in [2.24, 2.45) is 5.92 Å². The van der Waals surface area contributed by atoms with Gasteiger partial charge < -0.3 is 39.3 Å². The molecule has 6 rings (SSSR count). The first-order valence-corrected chi connectivity index (χ1v) is 19.6. The van der Waals surface area contributed by atoms with Crippen molar-refractivity contribution in [1.29, 1.82) is 0 Å². The van der Waals surface area contributed by atoms with Gasteiger partial charge in [-0.05, 0) is 55.2 Å². The Kier molecular flexibility index (Phi) is 12.4. The van der Waals surface area contributed by atoms with E-state index in [0.717, 1.165) is 30.6 Å². The maximum atomic E-state index is 14.8. The van der Waals surface area contributed by atoms with Crippen molar-refractivity contribution < 1.29 is 53.4 Å². The number of thioether (sulfide) groups is 2. The number of nitrogens with zero attached hydrogens (tertiary/aromatic N) is 1. The van der Waals surface area contributed by atoms with Crippen LogP contribution in [0.25, 0.3) is 21.8 Å². The van der Waals surface area contributed by atoms with Crippen LogP contribution in [0.5, 0.6) is 5.75 Å². The summed E-state index contributed by atoms with van der Waals surface area (Å²) in [6.45, 7) is 3.02. The number of aromatic nitrogens is 2. The molecule has 1 aromatic carbocycles. The predicted molar refractivity (Wildman–Crippen MR) is 209 cm³/mol. The van der Waals surface area contributed by atoms with Crippen LogP contribution in [0.2, 0.25) is 0 Å². The normalized spacial score (nSPS) is 28.8. The van der Waals surface area contributed by atoms with E-state index >= 15 is 0 Å². The Morgan fingerprint density at radius 1 is 1.16 bits per heavy atom. The summed E-state index contributed by atoms with van der Waals surface area (Å²) in [5, 5.41) is 37.5. The van der Waals surface area contributed by atoms with Gasteiger partial charge >= 0.3 is 6.09 Å². The van der Waals surface area contributed by atoms with E-state index in [1.165, 1.54) is 38.4 Å². The van der Waals surface area contributed by atoms with Crippen LogP contribution in [0.1, 0.15) is 30.8 Å². The largest absolute Gasteiger partial charge is 0.508 e. The molecule has 14 nitrogen and oxygen atoms in total. The van der Waals surface area contributed by atoms with E-state index in [1.807, 2.05) is 0 Å². The zero-order valence-corrected chi connectivity index (χ0v) is 32.6. The van der Waals surface area contributed by atoms with E-state index in [1.54, 1.807) is 37.5 Å². The molecule has 0 saturated carbocycles. The van der Waals surface area contributed by atoms with Gasteiger partial charge in [-0.25, -0.2) is 4.79 Å². The van der Waals surface area contributed by atoms with E-state index in [-0.39, 0.29) is 39.2 Å². The number of methoxy groups -OCH3 is 2. The summed E-state index contributed by atoms with van der Waals surface area (Å²) in [7, 11) is 2.46. The molecule has 2 aromatic heterocycles. The topological polar surface area (TPSA) is 207 Å². The molecule has 0 bridgehead atoms. The number of amides is 1. The average Bonchev–Trinajstić information content (AvgIpc) is 3.54. The van der Waals surface area contributed by atoms with Crippen LogP contribution < -0.4 is 5.32 Å². The van der Waals surface area contributed by atoms with Crippen LogP contribution in [0, 0.1) is 29.6 Å². The van der Waals surface area contributed by atoms with Crippen molar-refractivity contribution in [3.05, 3.63) is 71.2 Å². The second-order valence-corrected chi connectivity index (χ2v) is 15.3. The van der Waals surface area contributed by atoms with Gasteiger partial charge in [0.15, 0.2) is 17.2 Å². The third-order valence-electron chi connectivity index (χ3n) is 9.91. The Bertz CT molecular complexity index is 2310. The molecule has 1 fully saturated rings. The van der Waals surface area contributed by atoms with Crippen LogP contribution in [-0.2, 0) is 28.5 Å². The van der Waals surface area contributed by atoms with E-state index in [4.69, 9.17) is 18.9 Å². The summed E-state index contributed by atoms with van der Waals surface area (Å²) in [4.78, 5) is 60.4. The molecule has 0 spiro atoms. The van der Waals surface area contributed by atoms with Crippen LogP contribution in [-0.4, -0.2) is 116 Å². The molecule has 3 heterocycles. The number of aromatic hydroxyl groups is 1. The first-order chi connectivity index (χ1) is 26.9. The highest BCUT2D eigenvalue weighted by Gasteiger charge is 2.60. The van der Waals surface area contributed by atoms with Gasteiger partial charge in [0.1, 0.15) is 34.5 Å². The third kappa shape index (κ3) is 7.62. The number of fused-ring (bicyclic) bond motifs is 4. The Morgan fingerprint density at radius 3 is 2.64 bits per heavy atom. The molecule has 3 aromatic rings. The number of carbonyl (C=O) groups is 4. The molecule has 1 aliphatic heterocycles. The zero-order chi connectivity index (χ0) is 40.3. The Balaban J connectivity index is 1.42. The first-order valence-electron chi connectivity index (χ1n) is 17.4. The Hall–Kier alpha value is -4.91. The number of pyridine rings is 1. The summed E-state index contributed by atoms with van der Waals surface area (Å²) < 4.78 is 22.0. The number of ether oxygens (including phenoxy) is 4. The number of phenolic OH excluding ortho intramolecular Hbond substituents is 1. The van der Waals surface area contributed by atoms with Crippen LogP contribution in [0.4, 0.5) is 4.79 Å². The van der Waals surface area contributed by atoms with E-state index < -0.39 is 71.6 Å². The second kappa shape index (κ2) is 17.1.